The quantitative estimate of drug-likeness (QED) is 0.331. The minimum absolute atomic E-state index is 0.0635. The summed E-state index contributed by atoms with van der Waals surface area (Å²) in [6.07, 6.45) is 1.10. The molecule has 0 spiro atoms. The number of aromatic nitrogens is 4. The lowest BCUT2D eigenvalue weighted by Gasteiger charge is -2.36. The topological polar surface area (TPSA) is 83.1 Å². The molecule has 3 aromatic heterocycles. The molecular weight excluding hydrogens is 495 g/mol. The molecule has 0 radical (unpaired) electrons. The summed E-state index contributed by atoms with van der Waals surface area (Å²) < 4.78 is 49.2. The van der Waals surface area contributed by atoms with Crippen molar-refractivity contribution in [2.75, 3.05) is 44.2 Å². The average molecular weight is 522 g/mol. The van der Waals surface area contributed by atoms with Crippen LogP contribution in [0.15, 0.2) is 55.1 Å². The summed E-state index contributed by atoms with van der Waals surface area (Å²) in [6.45, 7) is 4.44. The van der Waals surface area contributed by atoms with Crippen molar-refractivity contribution in [3.05, 3.63) is 66.4 Å². The maximum atomic E-state index is 14.0. The number of nitriles is 1. The van der Waals surface area contributed by atoms with Crippen molar-refractivity contribution in [3.63, 3.8) is 0 Å². The zero-order valence-electron chi connectivity index (χ0n) is 20.8. The lowest BCUT2D eigenvalue weighted by Crippen LogP contribution is -2.46. The van der Waals surface area contributed by atoms with Gasteiger partial charge in [0.05, 0.1) is 29.7 Å². The van der Waals surface area contributed by atoms with Crippen LogP contribution in [-0.4, -0.2) is 63.7 Å². The minimum atomic E-state index is -4.61. The molecule has 0 unspecified atom stereocenters. The van der Waals surface area contributed by atoms with Gasteiger partial charge in [0.1, 0.15) is 17.3 Å². The molecule has 0 aliphatic carbocycles. The summed E-state index contributed by atoms with van der Waals surface area (Å²) in [6, 6.07) is 11.5. The number of piperazine rings is 1. The van der Waals surface area contributed by atoms with Crippen LogP contribution in [0.5, 0.6) is 5.75 Å². The van der Waals surface area contributed by atoms with E-state index in [4.69, 9.17) is 4.74 Å². The fourth-order valence-electron chi connectivity index (χ4n) is 4.64. The van der Waals surface area contributed by atoms with Gasteiger partial charge in [-0.2, -0.15) is 18.4 Å². The summed E-state index contributed by atoms with van der Waals surface area (Å²) in [5.74, 6) is -0.217. The van der Waals surface area contributed by atoms with Crippen LogP contribution in [0.3, 0.4) is 0 Å². The zero-order chi connectivity index (χ0) is 26.7. The molecular formula is C27H26F3N7O. The number of fused-ring (bicyclic) bond motifs is 1. The number of alkyl halides is 3. The van der Waals surface area contributed by atoms with Crippen LogP contribution in [-0.2, 0) is 13.2 Å². The lowest BCUT2D eigenvalue weighted by atomic mass is 10.1. The van der Waals surface area contributed by atoms with Crippen molar-refractivity contribution < 1.29 is 17.9 Å². The number of nitrogens with zero attached hydrogens (tertiary/aromatic N) is 7. The van der Waals surface area contributed by atoms with Crippen LogP contribution in [0.2, 0.25) is 0 Å². The van der Waals surface area contributed by atoms with Crippen molar-refractivity contribution >= 4 is 16.7 Å². The standard InChI is InChI=1S/C27H26F3N7O/c1-35-18-33-26-23(17-31)34-22(16-24(26)35)19-3-4-25(21(15-19)27(28,29)30)38-14-2-9-36-10-12-37(13-11-36)20-5-7-32-8-6-20/h3-8,15-16,18H,2,9-14H2,1H3. The number of imidazole rings is 1. The number of hydrogen-bond acceptors (Lipinski definition) is 7. The largest absolute Gasteiger partial charge is 0.493 e. The Hall–Kier alpha value is -4.17. The van der Waals surface area contributed by atoms with Gasteiger partial charge in [-0.15, -0.1) is 0 Å². The van der Waals surface area contributed by atoms with E-state index in [2.05, 4.69) is 24.8 Å². The second-order valence-electron chi connectivity index (χ2n) is 9.14. The molecule has 1 saturated heterocycles. The van der Waals surface area contributed by atoms with Crippen LogP contribution in [0.1, 0.15) is 17.7 Å². The van der Waals surface area contributed by atoms with E-state index in [-0.39, 0.29) is 29.3 Å². The maximum absolute atomic E-state index is 14.0. The van der Waals surface area contributed by atoms with Gasteiger partial charge < -0.3 is 14.2 Å². The number of ether oxygens (including phenoxy) is 1. The van der Waals surface area contributed by atoms with Gasteiger partial charge in [0, 0.05) is 63.4 Å². The smallest absolute Gasteiger partial charge is 0.419 e. The number of benzene rings is 1. The summed E-state index contributed by atoms with van der Waals surface area (Å²) in [7, 11) is 1.75. The predicted molar refractivity (Wildman–Crippen MR) is 137 cm³/mol. The van der Waals surface area contributed by atoms with Gasteiger partial charge in [-0.25, -0.2) is 9.97 Å². The highest BCUT2D eigenvalue weighted by atomic mass is 19.4. The molecule has 8 nitrogen and oxygen atoms in total. The van der Waals surface area contributed by atoms with Crippen molar-refractivity contribution in [2.45, 2.75) is 12.6 Å². The molecule has 0 N–H and O–H groups in total. The van der Waals surface area contributed by atoms with E-state index in [1.807, 2.05) is 18.2 Å². The first-order valence-corrected chi connectivity index (χ1v) is 12.3. The normalized spacial score (nSPS) is 14.6. The van der Waals surface area contributed by atoms with Crippen molar-refractivity contribution in [3.8, 4) is 23.1 Å². The molecule has 1 aliphatic heterocycles. The highest BCUT2D eigenvalue weighted by molar-refractivity contribution is 5.84. The Morgan fingerprint density at radius 3 is 2.53 bits per heavy atom. The Kier molecular flexibility index (Phi) is 7.15. The molecule has 11 heteroatoms. The number of aryl methyl sites for hydroxylation is 1. The van der Waals surface area contributed by atoms with Gasteiger partial charge in [-0.05, 0) is 42.8 Å². The van der Waals surface area contributed by atoms with Crippen LogP contribution in [0, 0.1) is 11.3 Å². The van der Waals surface area contributed by atoms with Crippen LogP contribution in [0.25, 0.3) is 22.3 Å². The van der Waals surface area contributed by atoms with Gasteiger partial charge >= 0.3 is 6.18 Å². The van der Waals surface area contributed by atoms with E-state index >= 15 is 0 Å². The van der Waals surface area contributed by atoms with Crippen LogP contribution >= 0.6 is 0 Å². The Balaban J connectivity index is 1.23. The molecule has 1 aliphatic rings. The monoisotopic (exact) mass is 521 g/mol. The molecule has 0 amide bonds. The first-order valence-electron chi connectivity index (χ1n) is 12.3. The zero-order valence-corrected chi connectivity index (χ0v) is 20.8. The number of pyridine rings is 2. The Labute approximate surface area is 217 Å². The molecule has 5 rings (SSSR count). The highest BCUT2D eigenvalue weighted by Gasteiger charge is 2.35. The van der Waals surface area contributed by atoms with Crippen molar-refractivity contribution in [1.29, 1.82) is 5.26 Å². The first kappa shape index (κ1) is 25.5. The second-order valence-corrected chi connectivity index (χ2v) is 9.14. The predicted octanol–water partition coefficient (Wildman–Crippen LogP) is 4.51. The number of anilines is 1. The number of rotatable bonds is 7. The third-order valence-corrected chi connectivity index (χ3v) is 6.68. The highest BCUT2D eigenvalue weighted by Crippen LogP contribution is 2.39. The average Bonchev–Trinajstić information content (AvgIpc) is 3.31. The lowest BCUT2D eigenvalue weighted by molar-refractivity contribution is -0.138. The van der Waals surface area contributed by atoms with E-state index in [9.17, 15) is 18.4 Å². The van der Waals surface area contributed by atoms with E-state index in [0.717, 1.165) is 44.5 Å². The third kappa shape index (κ3) is 5.40. The molecule has 0 saturated carbocycles. The minimum Gasteiger partial charge on any atom is -0.493 e. The Morgan fingerprint density at radius 2 is 1.82 bits per heavy atom. The summed E-state index contributed by atoms with van der Waals surface area (Å²) in [5, 5.41) is 9.45. The summed E-state index contributed by atoms with van der Waals surface area (Å²) in [4.78, 5) is 17.1. The van der Waals surface area contributed by atoms with E-state index < -0.39 is 11.7 Å². The summed E-state index contributed by atoms with van der Waals surface area (Å²) >= 11 is 0. The van der Waals surface area contributed by atoms with Crippen molar-refractivity contribution in [1.82, 2.24) is 24.4 Å². The fourth-order valence-corrected chi connectivity index (χ4v) is 4.64. The summed E-state index contributed by atoms with van der Waals surface area (Å²) in [5.41, 5.74) is 1.87. The maximum Gasteiger partial charge on any atom is 0.419 e. The van der Waals surface area contributed by atoms with Crippen LogP contribution in [0.4, 0.5) is 18.9 Å². The van der Waals surface area contributed by atoms with E-state index in [0.29, 0.717) is 17.5 Å². The molecule has 0 bridgehead atoms. The molecule has 4 heterocycles. The molecule has 1 fully saturated rings. The molecule has 0 atom stereocenters. The van der Waals surface area contributed by atoms with Gasteiger partial charge in [0.25, 0.3) is 0 Å². The SMILES string of the molecule is Cn1cnc2c(C#N)nc(-c3ccc(OCCCN4CCN(c5ccncc5)CC4)c(C(F)(F)F)c3)cc21. The van der Waals surface area contributed by atoms with E-state index in [1.54, 1.807) is 30.1 Å². The van der Waals surface area contributed by atoms with Crippen LogP contribution < -0.4 is 9.64 Å². The first-order chi connectivity index (χ1) is 18.3. The molecule has 38 heavy (non-hydrogen) atoms. The van der Waals surface area contributed by atoms with Gasteiger partial charge in [-0.3, -0.25) is 9.88 Å². The Bertz CT molecular complexity index is 1460. The van der Waals surface area contributed by atoms with Gasteiger partial charge in [-0.1, -0.05) is 0 Å². The molecule has 4 aromatic rings. The van der Waals surface area contributed by atoms with Gasteiger partial charge in [0.15, 0.2) is 5.69 Å². The van der Waals surface area contributed by atoms with Crippen molar-refractivity contribution in [2.24, 2.45) is 7.05 Å². The third-order valence-electron chi connectivity index (χ3n) is 6.68. The van der Waals surface area contributed by atoms with E-state index in [1.165, 1.54) is 18.5 Å². The fraction of sp³-hybridized carbons (Fsp3) is 0.333. The molecule has 196 valence electrons. The second kappa shape index (κ2) is 10.7. The Morgan fingerprint density at radius 1 is 1.05 bits per heavy atom. The number of halogens is 3. The van der Waals surface area contributed by atoms with Gasteiger partial charge in [0.2, 0.25) is 0 Å². The number of hydrogen-bond donors (Lipinski definition) is 0. The molecule has 1 aromatic carbocycles.